The Labute approximate surface area is 124 Å². The monoisotopic (exact) mass is 286 g/mol. The maximum atomic E-state index is 11.7. The first-order valence-corrected chi connectivity index (χ1v) is 7.92. The van der Waals surface area contributed by atoms with E-state index in [0.717, 1.165) is 32.1 Å². The van der Waals surface area contributed by atoms with E-state index in [2.05, 4.69) is 20.8 Å². The minimum Gasteiger partial charge on any atom is -0.368 e. The Morgan fingerprint density at radius 3 is 1.70 bits per heavy atom. The molecule has 0 aliphatic rings. The van der Waals surface area contributed by atoms with Crippen LogP contribution in [0.2, 0.25) is 0 Å². The summed E-state index contributed by atoms with van der Waals surface area (Å²) in [7, 11) is 0. The zero-order chi connectivity index (χ0) is 15.8. The van der Waals surface area contributed by atoms with Crippen LogP contribution in [0.5, 0.6) is 0 Å². The van der Waals surface area contributed by atoms with Crippen LogP contribution in [0.3, 0.4) is 0 Å². The lowest BCUT2D eigenvalue weighted by molar-refractivity contribution is -0.125. The molecule has 0 bridgehead atoms. The number of hydrogen-bond acceptors (Lipinski definition) is 3. The molecule has 0 atom stereocenters. The van der Waals surface area contributed by atoms with Gasteiger partial charge in [0.2, 0.25) is 0 Å². The molecule has 0 unspecified atom stereocenters. The third-order valence-electron chi connectivity index (χ3n) is 3.86. The molecule has 0 aromatic rings. The van der Waals surface area contributed by atoms with Gasteiger partial charge in [0, 0.05) is 18.3 Å². The molecule has 0 radical (unpaired) electrons. The Hall–Kier alpha value is -0.410. The van der Waals surface area contributed by atoms with Gasteiger partial charge in [0.05, 0.1) is 0 Å². The highest BCUT2D eigenvalue weighted by atomic mass is 16.5. The van der Waals surface area contributed by atoms with E-state index in [1.165, 1.54) is 6.42 Å². The second-order valence-corrected chi connectivity index (χ2v) is 7.88. The Balaban J connectivity index is 3.60. The quantitative estimate of drug-likeness (QED) is 0.470. The maximum absolute atomic E-state index is 11.7. The fourth-order valence-electron chi connectivity index (χ4n) is 2.13. The molecule has 0 spiro atoms. The van der Waals surface area contributed by atoms with Crippen molar-refractivity contribution < 1.29 is 15.0 Å². The van der Waals surface area contributed by atoms with Crippen LogP contribution in [0.1, 0.15) is 86.0 Å². The molecule has 0 rings (SSSR count). The van der Waals surface area contributed by atoms with E-state index in [4.69, 9.17) is 0 Å². The number of ketones is 1. The molecule has 0 saturated heterocycles. The van der Waals surface area contributed by atoms with Gasteiger partial charge >= 0.3 is 0 Å². The number of unbranched alkanes of at least 4 members (excludes halogenated alkanes) is 2. The second-order valence-electron chi connectivity index (χ2n) is 7.88. The fourth-order valence-corrected chi connectivity index (χ4v) is 2.13. The molecular formula is C17H34O3. The number of hydrogen-bond donors (Lipinski definition) is 2. The van der Waals surface area contributed by atoms with E-state index in [1.54, 1.807) is 0 Å². The minimum absolute atomic E-state index is 0.348. The molecule has 0 amide bonds. The van der Waals surface area contributed by atoms with Crippen LogP contribution in [0.4, 0.5) is 0 Å². The largest absolute Gasteiger partial charge is 0.368 e. The van der Waals surface area contributed by atoms with Gasteiger partial charge in [-0.25, -0.2) is 0 Å². The number of aliphatic hydroxyl groups is 2. The number of rotatable bonds is 10. The Kier molecular flexibility index (Phi) is 8.60. The molecular weight excluding hydrogens is 252 g/mol. The van der Waals surface area contributed by atoms with E-state index in [0.29, 0.717) is 24.0 Å². The van der Waals surface area contributed by atoms with Crippen LogP contribution in [0.25, 0.3) is 0 Å². The lowest BCUT2D eigenvalue weighted by atomic mass is 9.86. The number of carbonyl (C=O) groups excluding carboxylic acids is 1. The second kappa shape index (κ2) is 8.78. The van der Waals surface area contributed by atoms with Crippen LogP contribution in [0, 0.1) is 10.8 Å². The summed E-state index contributed by atoms with van der Waals surface area (Å²) in [5.41, 5.74) is -0.116. The van der Waals surface area contributed by atoms with E-state index >= 15 is 0 Å². The lowest BCUT2D eigenvalue weighted by Gasteiger charge is -2.26. The molecule has 0 saturated carbocycles. The molecule has 120 valence electrons. The van der Waals surface area contributed by atoms with Gasteiger partial charge in [0.1, 0.15) is 5.78 Å². The topological polar surface area (TPSA) is 57.5 Å². The van der Waals surface area contributed by atoms with Gasteiger partial charge < -0.3 is 10.2 Å². The molecule has 20 heavy (non-hydrogen) atoms. The van der Waals surface area contributed by atoms with E-state index < -0.39 is 11.7 Å². The first-order valence-electron chi connectivity index (χ1n) is 7.92. The first kappa shape index (κ1) is 19.6. The van der Waals surface area contributed by atoms with E-state index in [1.807, 2.05) is 13.8 Å². The van der Waals surface area contributed by atoms with Crippen LogP contribution in [-0.2, 0) is 4.79 Å². The summed E-state index contributed by atoms with van der Waals surface area (Å²) in [4.78, 5) is 11.7. The highest BCUT2D eigenvalue weighted by molar-refractivity contribution is 5.78. The normalized spacial score (nSPS) is 13.0. The Morgan fingerprint density at radius 2 is 1.30 bits per heavy atom. The van der Waals surface area contributed by atoms with Gasteiger partial charge in [-0.05, 0) is 31.1 Å². The van der Waals surface area contributed by atoms with Gasteiger partial charge in [-0.3, -0.25) is 4.79 Å². The van der Waals surface area contributed by atoms with Crippen molar-refractivity contribution in [1.82, 2.24) is 0 Å². The van der Waals surface area contributed by atoms with Crippen molar-refractivity contribution in [3.05, 3.63) is 0 Å². The standard InChI is InChI=1S/C17H34O3/c1-16(2,3)12-8-6-10-14(18)11-7-9-13-17(4,5)15(19)20/h15,19-20H,6-13H2,1-5H3. The molecule has 0 aromatic heterocycles. The third-order valence-corrected chi connectivity index (χ3v) is 3.86. The smallest absolute Gasteiger partial charge is 0.156 e. The molecule has 3 nitrogen and oxygen atoms in total. The average molecular weight is 286 g/mol. The molecule has 2 N–H and O–H groups in total. The summed E-state index contributed by atoms with van der Waals surface area (Å²) in [6, 6.07) is 0. The predicted octanol–water partition coefficient (Wildman–Crippen LogP) is 4.06. The third kappa shape index (κ3) is 10.4. The number of aliphatic hydroxyl groups excluding tert-OH is 1. The fraction of sp³-hybridized carbons (Fsp3) is 0.941. The number of carbonyl (C=O) groups is 1. The SMILES string of the molecule is CC(C)(C)CCCCC(=O)CCCCC(C)(C)C(O)O. The highest BCUT2D eigenvalue weighted by Gasteiger charge is 2.25. The van der Waals surface area contributed by atoms with Crippen LogP contribution >= 0.6 is 0 Å². The summed E-state index contributed by atoms with van der Waals surface area (Å²) in [6.45, 7) is 10.4. The molecule has 0 aliphatic carbocycles. The summed E-state index contributed by atoms with van der Waals surface area (Å²) in [6.07, 6.45) is 5.80. The van der Waals surface area contributed by atoms with Crippen molar-refractivity contribution in [2.75, 3.05) is 0 Å². The lowest BCUT2D eigenvalue weighted by Crippen LogP contribution is -2.28. The zero-order valence-corrected chi connectivity index (χ0v) is 14.0. The van der Waals surface area contributed by atoms with Gasteiger partial charge in [-0.1, -0.05) is 47.5 Å². The maximum Gasteiger partial charge on any atom is 0.156 e. The van der Waals surface area contributed by atoms with Crippen molar-refractivity contribution in [2.24, 2.45) is 10.8 Å². The summed E-state index contributed by atoms with van der Waals surface area (Å²) >= 11 is 0. The van der Waals surface area contributed by atoms with E-state index in [9.17, 15) is 15.0 Å². The predicted molar refractivity (Wildman–Crippen MR) is 83.4 cm³/mol. The van der Waals surface area contributed by atoms with Crippen molar-refractivity contribution in [3.8, 4) is 0 Å². The molecule has 0 fully saturated rings. The molecule has 0 heterocycles. The van der Waals surface area contributed by atoms with Crippen LogP contribution in [-0.4, -0.2) is 22.3 Å². The highest BCUT2D eigenvalue weighted by Crippen LogP contribution is 2.27. The molecule has 3 heteroatoms. The van der Waals surface area contributed by atoms with E-state index in [-0.39, 0.29) is 0 Å². The van der Waals surface area contributed by atoms with Crippen molar-refractivity contribution in [3.63, 3.8) is 0 Å². The molecule has 0 aromatic carbocycles. The Morgan fingerprint density at radius 1 is 0.850 bits per heavy atom. The average Bonchev–Trinajstić information content (AvgIpc) is 2.29. The summed E-state index contributed by atoms with van der Waals surface area (Å²) < 4.78 is 0. The molecule has 0 aliphatic heterocycles. The van der Waals surface area contributed by atoms with Gasteiger partial charge in [-0.15, -0.1) is 0 Å². The van der Waals surface area contributed by atoms with Crippen LogP contribution < -0.4 is 0 Å². The van der Waals surface area contributed by atoms with Gasteiger partial charge in [0.15, 0.2) is 6.29 Å². The summed E-state index contributed by atoms with van der Waals surface area (Å²) in [5, 5.41) is 18.4. The van der Waals surface area contributed by atoms with Crippen molar-refractivity contribution in [2.45, 2.75) is 92.3 Å². The summed E-state index contributed by atoms with van der Waals surface area (Å²) in [5.74, 6) is 0.348. The Bertz CT molecular complexity index is 274. The zero-order valence-electron chi connectivity index (χ0n) is 14.0. The minimum atomic E-state index is -1.28. The van der Waals surface area contributed by atoms with Gasteiger partial charge in [-0.2, -0.15) is 0 Å². The number of Topliss-reactive ketones (excluding diaryl/α,β-unsaturated/α-hetero) is 1. The van der Waals surface area contributed by atoms with Gasteiger partial charge in [0.25, 0.3) is 0 Å². The van der Waals surface area contributed by atoms with Crippen LogP contribution in [0.15, 0.2) is 0 Å². The van der Waals surface area contributed by atoms with Crippen molar-refractivity contribution >= 4 is 5.78 Å². The van der Waals surface area contributed by atoms with Crippen molar-refractivity contribution in [1.29, 1.82) is 0 Å². The first-order chi connectivity index (χ1) is 9.04.